The molecule has 0 saturated carbocycles. The largest absolute Gasteiger partial charge is 0.311 e. The highest BCUT2D eigenvalue weighted by molar-refractivity contribution is 7.00. The molecule has 3 aliphatic carbocycles. The van der Waals surface area contributed by atoms with Gasteiger partial charge in [-0.05, 0) is 197 Å². The first-order valence-corrected chi connectivity index (χ1v) is 28.2. The maximum absolute atomic E-state index is 2.77. The van der Waals surface area contributed by atoms with Crippen LogP contribution >= 0.6 is 0 Å². The molecule has 0 fully saturated rings. The number of anilines is 6. The Hall–Kier alpha value is -5.80. The van der Waals surface area contributed by atoms with E-state index in [-0.39, 0.29) is 50.5 Å². The van der Waals surface area contributed by atoms with Crippen LogP contribution in [0.3, 0.4) is 0 Å². The van der Waals surface area contributed by atoms with Crippen LogP contribution in [-0.2, 0) is 37.9 Å². The maximum atomic E-state index is 2.77. The van der Waals surface area contributed by atoms with Gasteiger partial charge in [-0.15, -0.1) is 0 Å². The summed E-state index contributed by atoms with van der Waals surface area (Å²) in [5.74, 6) is 0.0668. The molecule has 0 atom stereocenters. The lowest BCUT2D eigenvalue weighted by molar-refractivity contribution is 0.332. The first-order valence-electron chi connectivity index (χ1n) is 28.2. The Bertz CT molecular complexity index is 3390. The lowest BCUT2D eigenvalue weighted by atomic mass is 9.33. The van der Waals surface area contributed by atoms with Crippen LogP contribution in [0, 0.1) is 6.92 Å². The minimum Gasteiger partial charge on any atom is -0.311 e. The fourth-order valence-electron chi connectivity index (χ4n) is 15.2. The van der Waals surface area contributed by atoms with Crippen LogP contribution in [0.25, 0.3) is 0 Å². The molecule has 0 N–H and O–H groups in total. The van der Waals surface area contributed by atoms with Gasteiger partial charge >= 0.3 is 0 Å². The van der Waals surface area contributed by atoms with Crippen LogP contribution in [0.2, 0.25) is 0 Å². The summed E-state index contributed by atoms with van der Waals surface area (Å²) in [6, 6.07) is 53.5. The van der Waals surface area contributed by atoms with Crippen molar-refractivity contribution in [3.63, 3.8) is 0 Å². The Morgan fingerprint density at radius 1 is 0.405 bits per heavy atom. The summed E-state index contributed by atoms with van der Waals surface area (Å²) < 4.78 is 0. The number of rotatable bonds is 5. The van der Waals surface area contributed by atoms with Gasteiger partial charge in [0.1, 0.15) is 0 Å². The van der Waals surface area contributed by atoms with Crippen molar-refractivity contribution >= 4 is 57.2 Å². The van der Waals surface area contributed by atoms with Crippen molar-refractivity contribution in [1.29, 1.82) is 0 Å². The van der Waals surface area contributed by atoms with Gasteiger partial charge in [0.05, 0.1) is 0 Å². The van der Waals surface area contributed by atoms with Gasteiger partial charge < -0.3 is 9.80 Å². The second-order valence-electron chi connectivity index (χ2n) is 28.7. The Balaban J connectivity index is 1.22. The van der Waals surface area contributed by atoms with Crippen molar-refractivity contribution in [2.24, 2.45) is 0 Å². The van der Waals surface area contributed by atoms with Crippen molar-refractivity contribution in [2.75, 3.05) is 9.80 Å². The van der Waals surface area contributed by atoms with Crippen molar-refractivity contribution in [3.8, 4) is 0 Å². The zero-order valence-electron chi connectivity index (χ0n) is 47.8. The van der Waals surface area contributed by atoms with Gasteiger partial charge in [-0.1, -0.05) is 195 Å². The molecule has 5 aliphatic rings. The molecule has 2 nitrogen and oxygen atoms in total. The highest BCUT2D eigenvalue weighted by Gasteiger charge is 2.50. The average Bonchev–Trinajstić information content (AvgIpc) is 3.58. The molecule has 7 aromatic carbocycles. The molecule has 74 heavy (non-hydrogen) atoms. The highest BCUT2D eigenvalue weighted by Crippen LogP contribution is 2.56. The third-order valence-electron chi connectivity index (χ3n) is 19.5. The van der Waals surface area contributed by atoms with E-state index in [1.165, 1.54) is 137 Å². The topological polar surface area (TPSA) is 6.48 Å². The molecular formula is C71H81BN2. The summed E-state index contributed by atoms with van der Waals surface area (Å²) in [4.78, 5) is 5.48. The normalized spacial score (nSPS) is 19.8. The number of aryl methyl sites for hydroxylation is 1. The maximum Gasteiger partial charge on any atom is 0.252 e. The predicted molar refractivity (Wildman–Crippen MR) is 319 cm³/mol. The molecule has 0 spiro atoms. The van der Waals surface area contributed by atoms with Crippen LogP contribution in [0.1, 0.15) is 203 Å². The highest BCUT2D eigenvalue weighted by atomic mass is 15.2. The summed E-state index contributed by atoms with van der Waals surface area (Å²) in [6.45, 7) is 39.4. The summed E-state index contributed by atoms with van der Waals surface area (Å²) in [5.41, 5.74) is 28.0. The summed E-state index contributed by atoms with van der Waals surface area (Å²) >= 11 is 0. The second kappa shape index (κ2) is 16.1. The standard InChI is InChI=1S/C71H81BN2/c1-44-35-51-54(69(11,12)34-33-67(51,7)8)41-59(44)74-60-42-55-53(70(13,14)43-71(55,15)16)40-57(60)72-56-36-47(63(45-23-19-17-20-24-45)46-25-21-18-22-26-46)27-30-58(56)73(61-37-48(65(2,3)4)38-62(74)64(61)72)49-28-29-50-52(39-49)68(9,10)32-31-66(50,5)6/h17-30,35-42,63H,31-34,43H2,1-16H3. The van der Waals surface area contributed by atoms with E-state index in [2.05, 4.69) is 254 Å². The Morgan fingerprint density at radius 3 is 1.45 bits per heavy atom. The molecule has 2 heterocycles. The van der Waals surface area contributed by atoms with E-state index in [0.717, 1.165) is 6.42 Å². The van der Waals surface area contributed by atoms with Gasteiger partial charge in [0.15, 0.2) is 0 Å². The van der Waals surface area contributed by atoms with Crippen molar-refractivity contribution in [2.45, 2.75) is 187 Å². The number of benzene rings is 7. The lowest BCUT2D eigenvalue weighted by Crippen LogP contribution is -2.62. The van der Waals surface area contributed by atoms with Gasteiger partial charge in [-0.25, -0.2) is 0 Å². The molecular weight excluding hydrogens is 892 g/mol. The van der Waals surface area contributed by atoms with Crippen molar-refractivity contribution < 1.29 is 0 Å². The Labute approximate surface area is 446 Å². The minimum atomic E-state index is -0.121. The molecule has 7 aromatic rings. The van der Waals surface area contributed by atoms with E-state index in [1.807, 2.05) is 0 Å². The molecule has 0 saturated heterocycles. The molecule has 378 valence electrons. The Kier molecular flexibility index (Phi) is 10.7. The third kappa shape index (κ3) is 7.46. The van der Waals surface area contributed by atoms with Crippen molar-refractivity contribution in [1.82, 2.24) is 0 Å². The molecule has 12 rings (SSSR count). The van der Waals surface area contributed by atoms with E-state index in [4.69, 9.17) is 0 Å². The van der Waals surface area contributed by atoms with E-state index in [1.54, 1.807) is 0 Å². The van der Waals surface area contributed by atoms with E-state index >= 15 is 0 Å². The monoisotopic (exact) mass is 973 g/mol. The van der Waals surface area contributed by atoms with E-state index in [9.17, 15) is 0 Å². The smallest absolute Gasteiger partial charge is 0.252 e. The van der Waals surface area contributed by atoms with Crippen molar-refractivity contribution in [3.05, 3.63) is 195 Å². The molecule has 0 aromatic heterocycles. The van der Waals surface area contributed by atoms with Gasteiger partial charge in [0, 0.05) is 40.0 Å². The molecule has 0 radical (unpaired) electrons. The quantitative estimate of drug-likeness (QED) is 0.125. The van der Waals surface area contributed by atoms with Crippen LogP contribution in [0.5, 0.6) is 0 Å². The molecule has 3 heteroatoms. The van der Waals surface area contributed by atoms with E-state index in [0.29, 0.717) is 0 Å². The Morgan fingerprint density at radius 2 is 0.878 bits per heavy atom. The van der Waals surface area contributed by atoms with Gasteiger partial charge in [-0.3, -0.25) is 0 Å². The van der Waals surface area contributed by atoms with Crippen LogP contribution in [0.15, 0.2) is 133 Å². The summed E-state index contributed by atoms with van der Waals surface area (Å²) in [5, 5.41) is 0. The fraction of sp³-hybridized carbons (Fsp3) is 0.408. The molecule has 0 bridgehead atoms. The molecule has 2 aliphatic heterocycles. The van der Waals surface area contributed by atoms with Gasteiger partial charge in [0.25, 0.3) is 6.71 Å². The van der Waals surface area contributed by atoms with Gasteiger partial charge in [0.2, 0.25) is 0 Å². The number of nitrogens with zero attached hydrogens (tertiary/aromatic N) is 2. The fourth-order valence-corrected chi connectivity index (χ4v) is 15.2. The SMILES string of the molecule is Cc1cc2c(cc1N1c3cc4c(cc3B3c5cc(C(c6ccccc6)c6ccccc6)ccc5N(c5ccc6c(c5)C(C)(C)CCC6(C)C)c5cc(C(C)(C)C)cc1c53)C(C)(C)CC4(C)C)C(C)(C)CCC2(C)C. The first kappa shape index (κ1) is 49.1. The minimum absolute atomic E-state index is 0.00946. The van der Waals surface area contributed by atoms with E-state index < -0.39 is 0 Å². The second-order valence-corrected chi connectivity index (χ2v) is 28.7. The van der Waals surface area contributed by atoms with Gasteiger partial charge in [-0.2, -0.15) is 0 Å². The summed E-state index contributed by atoms with van der Waals surface area (Å²) in [7, 11) is 0. The molecule has 0 amide bonds. The zero-order valence-corrected chi connectivity index (χ0v) is 47.8. The number of fused-ring (bicyclic) bond motifs is 7. The zero-order chi connectivity index (χ0) is 52.4. The van der Waals surface area contributed by atoms with Crippen LogP contribution in [0.4, 0.5) is 34.1 Å². The molecule has 0 unspecified atom stereocenters. The lowest BCUT2D eigenvalue weighted by Gasteiger charge is -2.47. The third-order valence-corrected chi connectivity index (χ3v) is 19.5. The summed E-state index contributed by atoms with van der Waals surface area (Å²) in [6.07, 6.45) is 5.85. The number of hydrogen-bond acceptors (Lipinski definition) is 2. The van der Waals surface area contributed by atoms with Crippen LogP contribution < -0.4 is 26.2 Å². The predicted octanol–water partition coefficient (Wildman–Crippen LogP) is 17.2. The van der Waals surface area contributed by atoms with Crippen LogP contribution in [-0.4, -0.2) is 6.71 Å². The average molecular weight is 973 g/mol. The first-order chi connectivity index (χ1) is 34.7. The number of hydrogen-bond donors (Lipinski definition) is 0.